The molecular weight excluding hydrogens is 206 g/mol. The van der Waals surface area contributed by atoms with Crippen molar-refractivity contribution in [2.75, 3.05) is 7.11 Å². The van der Waals surface area contributed by atoms with E-state index in [9.17, 15) is 9.59 Å². The minimum Gasteiger partial charge on any atom is -0.491 e. The largest absolute Gasteiger partial charge is 0.491 e. The lowest BCUT2D eigenvalue weighted by Gasteiger charge is -2.13. The number of ether oxygens (including phenoxy) is 1. The van der Waals surface area contributed by atoms with Crippen LogP contribution in [-0.2, 0) is 20.9 Å². The summed E-state index contributed by atoms with van der Waals surface area (Å²) in [5, 5.41) is 0. The van der Waals surface area contributed by atoms with Gasteiger partial charge in [-0.05, 0) is 5.56 Å². The van der Waals surface area contributed by atoms with Gasteiger partial charge in [-0.1, -0.05) is 30.3 Å². The molecule has 0 saturated heterocycles. The van der Waals surface area contributed by atoms with Crippen LogP contribution in [0.25, 0.3) is 0 Å². The number of amides is 2. The first kappa shape index (κ1) is 10.4. The molecule has 0 fully saturated rings. The van der Waals surface area contributed by atoms with E-state index in [2.05, 4.69) is 0 Å². The number of benzene rings is 1. The van der Waals surface area contributed by atoms with Gasteiger partial charge in [0.25, 0.3) is 11.8 Å². The third-order valence-electron chi connectivity index (χ3n) is 2.38. The van der Waals surface area contributed by atoms with Gasteiger partial charge in [-0.2, -0.15) is 0 Å². The van der Waals surface area contributed by atoms with E-state index in [1.54, 1.807) is 0 Å². The van der Waals surface area contributed by atoms with Crippen LogP contribution in [0, 0.1) is 0 Å². The molecule has 0 radical (unpaired) electrons. The molecule has 0 aliphatic carbocycles. The molecule has 0 aromatic heterocycles. The first-order valence-electron chi connectivity index (χ1n) is 4.88. The molecule has 1 aromatic carbocycles. The standard InChI is InChI=1S/C12H11NO3/c1-16-10-7-11(14)13(12(10)15)8-9-5-3-2-4-6-9/h2-7H,8H2,1H3. The van der Waals surface area contributed by atoms with Gasteiger partial charge in [0, 0.05) is 0 Å². The lowest BCUT2D eigenvalue weighted by molar-refractivity contribution is -0.139. The average Bonchev–Trinajstić information content (AvgIpc) is 2.58. The molecule has 0 bridgehead atoms. The third kappa shape index (κ3) is 1.82. The summed E-state index contributed by atoms with van der Waals surface area (Å²) in [5.41, 5.74) is 0.912. The highest BCUT2D eigenvalue weighted by molar-refractivity contribution is 6.15. The maximum Gasteiger partial charge on any atom is 0.296 e. The van der Waals surface area contributed by atoms with Gasteiger partial charge in [0.05, 0.1) is 19.7 Å². The molecule has 4 heteroatoms. The van der Waals surface area contributed by atoms with Crippen molar-refractivity contribution in [3.8, 4) is 0 Å². The number of nitrogens with zero attached hydrogens (tertiary/aromatic N) is 1. The molecule has 0 N–H and O–H groups in total. The molecular formula is C12H11NO3. The second kappa shape index (κ2) is 4.18. The maximum atomic E-state index is 11.7. The molecule has 1 aliphatic heterocycles. The van der Waals surface area contributed by atoms with Gasteiger partial charge in [0.2, 0.25) is 0 Å². The van der Waals surface area contributed by atoms with E-state index in [1.165, 1.54) is 13.2 Å². The highest BCUT2D eigenvalue weighted by atomic mass is 16.5. The summed E-state index contributed by atoms with van der Waals surface area (Å²) in [6, 6.07) is 9.35. The van der Waals surface area contributed by atoms with Crippen LogP contribution in [0.1, 0.15) is 5.56 Å². The second-order valence-electron chi connectivity index (χ2n) is 3.43. The number of imide groups is 1. The fourth-order valence-corrected chi connectivity index (χ4v) is 1.55. The minimum absolute atomic E-state index is 0.0981. The molecule has 2 rings (SSSR count). The van der Waals surface area contributed by atoms with Gasteiger partial charge < -0.3 is 4.74 Å². The van der Waals surface area contributed by atoms with Crippen molar-refractivity contribution in [3.63, 3.8) is 0 Å². The molecule has 1 heterocycles. The summed E-state index contributed by atoms with van der Waals surface area (Å²) < 4.78 is 4.81. The average molecular weight is 217 g/mol. The van der Waals surface area contributed by atoms with E-state index >= 15 is 0 Å². The van der Waals surface area contributed by atoms with Crippen LogP contribution in [0.3, 0.4) is 0 Å². The smallest absolute Gasteiger partial charge is 0.296 e. The quantitative estimate of drug-likeness (QED) is 0.712. The molecule has 4 nitrogen and oxygen atoms in total. The van der Waals surface area contributed by atoms with Crippen LogP contribution >= 0.6 is 0 Å². The van der Waals surface area contributed by atoms with Crippen molar-refractivity contribution in [2.45, 2.75) is 6.54 Å². The number of hydrogen-bond donors (Lipinski definition) is 0. The molecule has 16 heavy (non-hydrogen) atoms. The Bertz CT molecular complexity index is 451. The van der Waals surface area contributed by atoms with Gasteiger partial charge >= 0.3 is 0 Å². The highest BCUT2D eigenvalue weighted by Crippen LogP contribution is 2.16. The number of carbonyl (C=O) groups is 2. The van der Waals surface area contributed by atoms with Gasteiger partial charge in [-0.15, -0.1) is 0 Å². The van der Waals surface area contributed by atoms with Crippen LogP contribution in [-0.4, -0.2) is 23.8 Å². The summed E-state index contributed by atoms with van der Waals surface area (Å²) in [6.07, 6.45) is 1.21. The van der Waals surface area contributed by atoms with Crippen LogP contribution in [0.2, 0.25) is 0 Å². The van der Waals surface area contributed by atoms with Crippen LogP contribution in [0.15, 0.2) is 42.2 Å². The first-order valence-corrected chi connectivity index (χ1v) is 4.88. The maximum absolute atomic E-state index is 11.7. The van der Waals surface area contributed by atoms with E-state index in [1.807, 2.05) is 30.3 Å². The fourth-order valence-electron chi connectivity index (χ4n) is 1.55. The SMILES string of the molecule is COC1=CC(=O)N(Cc2ccccc2)C1=O. The zero-order chi connectivity index (χ0) is 11.5. The molecule has 0 unspecified atom stereocenters. The number of hydrogen-bond acceptors (Lipinski definition) is 3. The number of methoxy groups -OCH3 is 1. The van der Waals surface area contributed by atoms with Gasteiger partial charge in [0.1, 0.15) is 0 Å². The van der Waals surface area contributed by atoms with E-state index in [4.69, 9.17) is 4.74 Å². The van der Waals surface area contributed by atoms with Crippen molar-refractivity contribution in [2.24, 2.45) is 0 Å². The topological polar surface area (TPSA) is 46.6 Å². The Morgan fingerprint density at radius 3 is 2.44 bits per heavy atom. The summed E-state index contributed by atoms with van der Waals surface area (Å²) in [6.45, 7) is 0.280. The molecule has 82 valence electrons. The van der Waals surface area contributed by atoms with E-state index in [0.29, 0.717) is 0 Å². The van der Waals surface area contributed by atoms with Crippen molar-refractivity contribution in [1.29, 1.82) is 0 Å². The van der Waals surface area contributed by atoms with Gasteiger partial charge in [-0.25, -0.2) is 0 Å². The Balaban J connectivity index is 2.14. The number of rotatable bonds is 3. The van der Waals surface area contributed by atoms with Crippen LogP contribution < -0.4 is 0 Å². The van der Waals surface area contributed by atoms with Crippen molar-refractivity contribution in [1.82, 2.24) is 4.90 Å². The molecule has 1 aliphatic rings. The second-order valence-corrected chi connectivity index (χ2v) is 3.43. The Labute approximate surface area is 93.1 Å². The molecule has 0 spiro atoms. The highest BCUT2D eigenvalue weighted by Gasteiger charge is 2.31. The minimum atomic E-state index is -0.378. The molecule has 0 atom stereocenters. The normalized spacial score (nSPS) is 15.3. The molecule has 1 aromatic rings. The fraction of sp³-hybridized carbons (Fsp3) is 0.167. The summed E-state index contributed by atoms with van der Waals surface area (Å²) >= 11 is 0. The predicted molar refractivity (Wildman–Crippen MR) is 57.1 cm³/mol. The summed E-state index contributed by atoms with van der Waals surface area (Å²) in [4.78, 5) is 24.3. The van der Waals surface area contributed by atoms with E-state index < -0.39 is 0 Å². The van der Waals surface area contributed by atoms with Crippen LogP contribution in [0.4, 0.5) is 0 Å². The zero-order valence-corrected chi connectivity index (χ0v) is 8.84. The lowest BCUT2D eigenvalue weighted by Crippen LogP contribution is -2.30. The van der Waals surface area contributed by atoms with Crippen molar-refractivity contribution >= 4 is 11.8 Å². The van der Waals surface area contributed by atoms with Crippen molar-refractivity contribution in [3.05, 3.63) is 47.7 Å². The first-order chi connectivity index (χ1) is 7.72. The lowest BCUT2D eigenvalue weighted by atomic mass is 10.2. The Morgan fingerprint density at radius 1 is 1.19 bits per heavy atom. The molecule has 2 amide bonds. The number of carbonyl (C=O) groups excluding carboxylic acids is 2. The Kier molecular flexibility index (Phi) is 2.72. The Hall–Kier alpha value is -2.10. The Morgan fingerprint density at radius 2 is 1.88 bits per heavy atom. The predicted octanol–water partition coefficient (Wildman–Crippen LogP) is 1.09. The summed E-state index contributed by atoms with van der Waals surface area (Å²) in [5.74, 6) is -0.608. The van der Waals surface area contributed by atoms with Crippen molar-refractivity contribution < 1.29 is 14.3 Å². The monoisotopic (exact) mass is 217 g/mol. The zero-order valence-electron chi connectivity index (χ0n) is 8.84. The third-order valence-corrected chi connectivity index (χ3v) is 2.38. The molecule has 0 saturated carbocycles. The van der Waals surface area contributed by atoms with E-state index in [0.717, 1.165) is 10.5 Å². The van der Waals surface area contributed by atoms with Gasteiger partial charge in [0.15, 0.2) is 5.76 Å². The van der Waals surface area contributed by atoms with Gasteiger partial charge in [-0.3, -0.25) is 14.5 Å². The van der Waals surface area contributed by atoms with E-state index in [-0.39, 0.29) is 24.1 Å². The summed E-state index contributed by atoms with van der Waals surface area (Å²) in [7, 11) is 1.38. The van der Waals surface area contributed by atoms with Crippen LogP contribution in [0.5, 0.6) is 0 Å².